The maximum absolute atomic E-state index is 12.9. The highest BCUT2D eigenvalue weighted by molar-refractivity contribution is 5.71. The second-order valence-corrected chi connectivity index (χ2v) is 20.6. The molecule has 0 fully saturated rings. The molecule has 0 amide bonds. The van der Waals surface area contributed by atoms with Crippen LogP contribution in [0.5, 0.6) is 0 Å². The second-order valence-electron chi connectivity index (χ2n) is 20.6. The van der Waals surface area contributed by atoms with E-state index < -0.39 is 6.10 Å². The molecule has 1 atom stereocenters. The number of hydrogen-bond acceptors (Lipinski definition) is 6. The van der Waals surface area contributed by atoms with Crippen molar-refractivity contribution in [3.05, 3.63) is 48.6 Å². The summed E-state index contributed by atoms with van der Waals surface area (Å²) in [6.45, 7) is 6.63. The third kappa shape index (κ3) is 56.3. The molecule has 1 unspecified atom stereocenters. The molecular formula is C64H116O6. The van der Waals surface area contributed by atoms with Crippen LogP contribution in [0.25, 0.3) is 0 Å². The van der Waals surface area contributed by atoms with Crippen molar-refractivity contribution >= 4 is 17.9 Å². The van der Waals surface area contributed by atoms with E-state index in [9.17, 15) is 14.4 Å². The summed E-state index contributed by atoms with van der Waals surface area (Å²) in [5.74, 6) is -0.936. The van der Waals surface area contributed by atoms with Crippen LogP contribution in [-0.2, 0) is 28.6 Å². The van der Waals surface area contributed by atoms with Gasteiger partial charge < -0.3 is 14.2 Å². The zero-order valence-electron chi connectivity index (χ0n) is 46.8. The molecule has 0 bridgehead atoms. The molecule has 0 spiro atoms. The van der Waals surface area contributed by atoms with Gasteiger partial charge in [0.1, 0.15) is 13.2 Å². The number of rotatable bonds is 56. The lowest BCUT2D eigenvalue weighted by atomic mass is 10.0. The standard InChI is InChI=1S/C64H116O6/c1-4-7-10-13-16-19-22-25-28-31-34-36-39-42-45-48-51-54-57-63(66)69-60-61(70-64(67)58-55-52-49-46-43-40-37-33-30-27-24-21-18-15-12-9-6-3)59-68-62(65)56-53-50-47-44-41-38-35-32-29-26-23-20-17-14-11-8-5-2/h27,30,34,36-37,40,46,49,61H,4-26,28-29,31-33,35,38-39,41-45,47-48,50-60H2,1-3H3/b30-27-,36-34-,40-37-,49-46-. The molecule has 0 heterocycles. The van der Waals surface area contributed by atoms with Crippen LogP contribution in [0.1, 0.15) is 323 Å². The van der Waals surface area contributed by atoms with E-state index in [1.54, 1.807) is 0 Å². The molecule has 0 aromatic carbocycles. The molecule has 0 aromatic rings. The van der Waals surface area contributed by atoms with Gasteiger partial charge in [0.15, 0.2) is 6.10 Å². The summed E-state index contributed by atoms with van der Waals surface area (Å²) in [5.41, 5.74) is 0. The lowest BCUT2D eigenvalue weighted by molar-refractivity contribution is -0.167. The van der Waals surface area contributed by atoms with E-state index in [0.717, 1.165) is 64.2 Å². The van der Waals surface area contributed by atoms with Gasteiger partial charge in [-0.2, -0.15) is 0 Å². The number of carbonyl (C=O) groups is 3. The summed E-state index contributed by atoms with van der Waals surface area (Å²) in [6.07, 6.45) is 72.6. The highest BCUT2D eigenvalue weighted by Gasteiger charge is 2.19. The largest absolute Gasteiger partial charge is 0.462 e. The lowest BCUT2D eigenvalue weighted by Gasteiger charge is -2.18. The van der Waals surface area contributed by atoms with E-state index in [1.165, 1.54) is 212 Å². The topological polar surface area (TPSA) is 78.9 Å². The monoisotopic (exact) mass is 981 g/mol. The average molecular weight is 982 g/mol. The van der Waals surface area contributed by atoms with Crippen molar-refractivity contribution in [2.24, 2.45) is 0 Å². The van der Waals surface area contributed by atoms with Crippen LogP contribution in [0.3, 0.4) is 0 Å². The maximum atomic E-state index is 12.9. The molecule has 6 heteroatoms. The minimum atomic E-state index is -0.801. The van der Waals surface area contributed by atoms with Gasteiger partial charge >= 0.3 is 17.9 Å². The quantitative estimate of drug-likeness (QED) is 0.0261. The van der Waals surface area contributed by atoms with Gasteiger partial charge in [-0.3, -0.25) is 14.4 Å². The molecule has 70 heavy (non-hydrogen) atoms. The van der Waals surface area contributed by atoms with Gasteiger partial charge in [-0.15, -0.1) is 0 Å². The van der Waals surface area contributed by atoms with Gasteiger partial charge in [0.05, 0.1) is 0 Å². The lowest BCUT2D eigenvalue weighted by Crippen LogP contribution is -2.30. The fraction of sp³-hybridized carbons (Fsp3) is 0.828. The van der Waals surface area contributed by atoms with Crippen LogP contribution in [0.15, 0.2) is 48.6 Å². The third-order valence-electron chi connectivity index (χ3n) is 13.6. The fourth-order valence-electron chi connectivity index (χ4n) is 8.93. The number of carbonyl (C=O) groups excluding carboxylic acids is 3. The minimum absolute atomic E-state index is 0.0923. The number of ether oxygens (including phenoxy) is 3. The van der Waals surface area contributed by atoms with E-state index in [0.29, 0.717) is 19.3 Å². The van der Waals surface area contributed by atoms with Gasteiger partial charge in [-0.25, -0.2) is 0 Å². The first-order valence-corrected chi connectivity index (χ1v) is 30.6. The van der Waals surface area contributed by atoms with E-state index >= 15 is 0 Å². The predicted octanol–water partition coefficient (Wildman–Crippen LogP) is 20.6. The Bertz CT molecular complexity index is 1220. The molecule has 0 radical (unpaired) electrons. The Morgan fingerprint density at radius 1 is 0.286 bits per heavy atom. The van der Waals surface area contributed by atoms with Crippen molar-refractivity contribution in [3.63, 3.8) is 0 Å². The predicted molar refractivity (Wildman–Crippen MR) is 302 cm³/mol. The Balaban J connectivity index is 4.42. The molecule has 0 N–H and O–H groups in total. The van der Waals surface area contributed by atoms with E-state index in [4.69, 9.17) is 14.2 Å². The van der Waals surface area contributed by atoms with Gasteiger partial charge in [0.25, 0.3) is 0 Å². The highest BCUT2D eigenvalue weighted by Crippen LogP contribution is 2.16. The first kappa shape index (κ1) is 67.4. The summed E-state index contributed by atoms with van der Waals surface area (Å²) in [6, 6.07) is 0. The Morgan fingerprint density at radius 3 is 0.857 bits per heavy atom. The summed E-state index contributed by atoms with van der Waals surface area (Å²) < 4.78 is 16.9. The van der Waals surface area contributed by atoms with Gasteiger partial charge in [-0.05, 0) is 77.0 Å². The first-order chi connectivity index (χ1) is 34.5. The molecule has 0 aliphatic heterocycles. The molecule has 0 aliphatic carbocycles. The number of unbranched alkanes of at least 4 members (excludes halogenated alkanes) is 37. The average Bonchev–Trinajstić information content (AvgIpc) is 3.36. The van der Waals surface area contributed by atoms with Gasteiger partial charge in [0, 0.05) is 19.3 Å². The first-order valence-electron chi connectivity index (χ1n) is 30.6. The van der Waals surface area contributed by atoms with E-state index in [1.807, 2.05) is 0 Å². The molecule has 0 saturated carbocycles. The zero-order chi connectivity index (χ0) is 50.7. The van der Waals surface area contributed by atoms with Crippen LogP contribution in [-0.4, -0.2) is 37.2 Å². The molecule has 408 valence electrons. The normalized spacial score (nSPS) is 12.3. The molecule has 0 aromatic heterocycles. The van der Waals surface area contributed by atoms with Crippen LogP contribution < -0.4 is 0 Å². The molecule has 6 nitrogen and oxygen atoms in total. The van der Waals surface area contributed by atoms with Crippen molar-refractivity contribution in [1.29, 1.82) is 0 Å². The molecular weight excluding hydrogens is 865 g/mol. The highest BCUT2D eigenvalue weighted by atomic mass is 16.6. The molecule has 0 saturated heterocycles. The summed E-state index contributed by atoms with van der Waals surface area (Å²) >= 11 is 0. The SMILES string of the molecule is CCCCCCCC/C=C\C/C=C\C/C=C\CCCC(=O)OC(COC(=O)CCCCCCC/C=C\CCCCCCCCCCC)COC(=O)CCCCCCCCCCCCCCCCCCC. The maximum Gasteiger partial charge on any atom is 0.306 e. The Morgan fingerprint density at radius 2 is 0.529 bits per heavy atom. The Labute approximate surface area is 435 Å². The molecule has 0 rings (SSSR count). The van der Waals surface area contributed by atoms with Crippen molar-refractivity contribution in [1.82, 2.24) is 0 Å². The van der Waals surface area contributed by atoms with Gasteiger partial charge in [-0.1, -0.05) is 275 Å². The summed E-state index contributed by atoms with van der Waals surface area (Å²) in [5, 5.41) is 0. The van der Waals surface area contributed by atoms with E-state index in [2.05, 4.69) is 69.4 Å². The van der Waals surface area contributed by atoms with Crippen molar-refractivity contribution in [3.8, 4) is 0 Å². The molecule has 0 aliphatic rings. The summed E-state index contributed by atoms with van der Waals surface area (Å²) in [7, 11) is 0. The van der Waals surface area contributed by atoms with Crippen molar-refractivity contribution in [2.75, 3.05) is 13.2 Å². The van der Waals surface area contributed by atoms with Crippen molar-refractivity contribution in [2.45, 2.75) is 329 Å². The van der Waals surface area contributed by atoms with Crippen LogP contribution in [0, 0.1) is 0 Å². The summed E-state index contributed by atoms with van der Waals surface area (Å²) in [4.78, 5) is 38.2. The minimum Gasteiger partial charge on any atom is -0.462 e. The van der Waals surface area contributed by atoms with Crippen LogP contribution in [0.2, 0.25) is 0 Å². The van der Waals surface area contributed by atoms with E-state index in [-0.39, 0.29) is 37.5 Å². The van der Waals surface area contributed by atoms with Crippen LogP contribution >= 0.6 is 0 Å². The Kier molecular flexibility index (Phi) is 56.7. The smallest absolute Gasteiger partial charge is 0.306 e. The zero-order valence-corrected chi connectivity index (χ0v) is 46.8. The third-order valence-corrected chi connectivity index (χ3v) is 13.6. The van der Waals surface area contributed by atoms with Gasteiger partial charge in [0.2, 0.25) is 0 Å². The number of esters is 3. The number of allylic oxidation sites excluding steroid dienone is 8. The fourth-order valence-corrected chi connectivity index (χ4v) is 8.93. The number of hydrogen-bond donors (Lipinski definition) is 0. The van der Waals surface area contributed by atoms with Crippen molar-refractivity contribution < 1.29 is 28.6 Å². The second kappa shape index (κ2) is 58.9. The van der Waals surface area contributed by atoms with Crippen LogP contribution in [0.4, 0.5) is 0 Å². The Hall–Kier alpha value is -2.63.